The minimum Gasteiger partial charge on any atom is -0.503 e. The van der Waals surface area contributed by atoms with Crippen molar-refractivity contribution in [2.75, 3.05) is 6.61 Å². The summed E-state index contributed by atoms with van der Waals surface area (Å²) < 4.78 is 5.48. The zero-order valence-corrected chi connectivity index (χ0v) is 17.9. The quantitative estimate of drug-likeness (QED) is 0.685. The van der Waals surface area contributed by atoms with E-state index in [0.29, 0.717) is 41.3 Å². The van der Waals surface area contributed by atoms with Gasteiger partial charge in [-0.15, -0.1) is 0 Å². The Balaban J connectivity index is 1.75. The molecule has 2 aliphatic rings. The largest absolute Gasteiger partial charge is 0.503 e. The van der Waals surface area contributed by atoms with Gasteiger partial charge in [0.05, 0.1) is 11.6 Å². The van der Waals surface area contributed by atoms with Crippen LogP contribution >= 0.6 is 23.2 Å². The van der Waals surface area contributed by atoms with Crippen molar-refractivity contribution >= 4 is 34.9 Å². The van der Waals surface area contributed by atoms with Crippen LogP contribution in [-0.4, -0.2) is 23.4 Å². The second-order valence-corrected chi connectivity index (χ2v) is 8.34. The summed E-state index contributed by atoms with van der Waals surface area (Å²) >= 11 is 12.5. The number of phenols is 1. The fourth-order valence-electron chi connectivity index (χ4n) is 4.33. The molecule has 0 unspecified atom stereocenters. The third-order valence-electron chi connectivity index (χ3n) is 5.63. The highest BCUT2D eigenvalue weighted by atomic mass is 35.5. The molecule has 5 nitrogen and oxygen atoms in total. The Morgan fingerprint density at radius 2 is 1.87 bits per heavy atom. The van der Waals surface area contributed by atoms with E-state index < -0.39 is 5.92 Å². The first-order valence-electron chi connectivity index (χ1n) is 9.84. The summed E-state index contributed by atoms with van der Waals surface area (Å²) in [6.07, 6.45) is 0.976. The molecule has 2 aromatic rings. The first kappa shape index (κ1) is 20.8. The van der Waals surface area contributed by atoms with Gasteiger partial charge in [-0.3, -0.25) is 9.59 Å². The van der Waals surface area contributed by atoms with Crippen molar-refractivity contribution in [3.63, 3.8) is 0 Å². The van der Waals surface area contributed by atoms with Crippen LogP contribution in [0.3, 0.4) is 0 Å². The first-order chi connectivity index (χ1) is 14.4. The van der Waals surface area contributed by atoms with Crippen LogP contribution in [0.1, 0.15) is 49.1 Å². The van der Waals surface area contributed by atoms with E-state index in [-0.39, 0.29) is 40.6 Å². The molecule has 1 heterocycles. The summed E-state index contributed by atoms with van der Waals surface area (Å²) in [5.74, 6) is -0.616. The second kappa shape index (κ2) is 8.32. The number of halogens is 2. The average molecular weight is 446 g/mol. The van der Waals surface area contributed by atoms with E-state index in [1.54, 1.807) is 25.1 Å². The fourth-order valence-corrected chi connectivity index (χ4v) is 4.84. The fraction of sp³-hybridized carbons (Fsp3) is 0.304. The van der Waals surface area contributed by atoms with Gasteiger partial charge in [-0.2, -0.15) is 0 Å². The lowest BCUT2D eigenvalue weighted by Gasteiger charge is -2.35. The maximum absolute atomic E-state index is 13.2. The molecule has 156 valence electrons. The van der Waals surface area contributed by atoms with Crippen LogP contribution in [0.25, 0.3) is 0 Å². The zero-order valence-electron chi connectivity index (χ0n) is 16.4. The Hall–Kier alpha value is -2.50. The maximum atomic E-state index is 13.2. The minimum atomic E-state index is -0.439. The summed E-state index contributed by atoms with van der Waals surface area (Å²) in [5, 5.41) is 13.8. The van der Waals surface area contributed by atoms with E-state index in [2.05, 4.69) is 5.32 Å². The predicted octanol–water partition coefficient (Wildman–Crippen LogP) is 5.10. The van der Waals surface area contributed by atoms with Crippen LogP contribution in [-0.2, 0) is 9.59 Å². The van der Waals surface area contributed by atoms with E-state index in [0.717, 1.165) is 5.56 Å². The zero-order chi connectivity index (χ0) is 21.4. The molecule has 2 N–H and O–H groups in total. The highest BCUT2D eigenvalue weighted by Crippen LogP contribution is 2.46. The van der Waals surface area contributed by atoms with Crippen LogP contribution in [0.2, 0.25) is 10.0 Å². The number of allylic oxidation sites excluding steroid dienone is 2. The van der Waals surface area contributed by atoms with Crippen LogP contribution in [0.15, 0.2) is 47.7 Å². The number of benzene rings is 2. The molecule has 2 atom stereocenters. The van der Waals surface area contributed by atoms with Crippen LogP contribution in [0, 0.1) is 0 Å². The molecule has 0 saturated heterocycles. The molecular formula is C23H21Cl2NO4. The van der Waals surface area contributed by atoms with Crippen molar-refractivity contribution in [2.45, 2.75) is 38.0 Å². The SMILES string of the molecule is CCOc1cc([C@H]2CC(=O)NC3=C2C(=O)C[C@@H](c2ccccc2Cl)C3)cc(Cl)c1O. The van der Waals surface area contributed by atoms with Crippen molar-refractivity contribution in [2.24, 2.45) is 0 Å². The number of carbonyl (C=O) groups is 2. The molecule has 30 heavy (non-hydrogen) atoms. The number of hydrogen-bond donors (Lipinski definition) is 2. The Bertz CT molecular complexity index is 1060. The molecule has 0 bridgehead atoms. The Morgan fingerprint density at radius 1 is 1.10 bits per heavy atom. The summed E-state index contributed by atoms with van der Waals surface area (Å²) in [5.41, 5.74) is 2.82. The van der Waals surface area contributed by atoms with Gasteiger partial charge < -0.3 is 15.2 Å². The standard InChI is InChI=1S/C23H21Cl2NO4/c1-2-30-20-10-12(7-17(25)23(20)29)15-11-21(28)26-18-8-13(9-19(27)22(15)18)14-5-3-4-6-16(14)24/h3-7,10,13,15,29H,2,8-9,11H2,1H3,(H,26,28)/t13-,15+/m0/s1. The van der Waals surface area contributed by atoms with Gasteiger partial charge in [0.15, 0.2) is 17.3 Å². The molecule has 7 heteroatoms. The predicted molar refractivity (Wildman–Crippen MR) is 115 cm³/mol. The van der Waals surface area contributed by atoms with Gasteiger partial charge in [0.1, 0.15) is 0 Å². The highest BCUT2D eigenvalue weighted by Gasteiger charge is 2.39. The third-order valence-corrected chi connectivity index (χ3v) is 6.27. The smallest absolute Gasteiger partial charge is 0.225 e. The van der Waals surface area contributed by atoms with Crippen molar-refractivity contribution < 1.29 is 19.4 Å². The van der Waals surface area contributed by atoms with Gasteiger partial charge in [0.25, 0.3) is 0 Å². The molecule has 1 amide bonds. The lowest BCUT2D eigenvalue weighted by atomic mass is 9.73. The van der Waals surface area contributed by atoms with Crippen molar-refractivity contribution in [3.05, 3.63) is 68.8 Å². The van der Waals surface area contributed by atoms with E-state index >= 15 is 0 Å². The number of carbonyl (C=O) groups excluding carboxylic acids is 2. The number of amides is 1. The number of phenolic OH excluding ortho intramolecular Hbond substituents is 1. The Morgan fingerprint density at radius 3 is 2.60 bits per heavy atom. The normalized spacial score (nSPS) is 21.3. The number of aromatic hydroxyl groups is 1. The van der Waals surface area contributed by atoms with Gasteiger partial charge >= 0.3 is 0 Å². The lowest BCUT2D eigenvalue weighted by molar-refractivity contribution is -0.122. The molecule has 0 saturated carbocycles. The summed E-state index contributed by atoms with van der Waals surface area (Å²) in [6, 6.07) is 10.7. The van der Waals surface area contributed by atoms with E-state index in [1.807, 2.05) is 18.2 Å². The van der Waals surface area contributed by atoms with Gasteiger partial charge in [0.2, 0.25) is 5.91 Å². The molecular weight excluding hydrogens is 425 g/mol. The summed E-state index contributed by atoms with van der Waals surface area (Å²) in [7, 11) is 0. The van der Waals surface area contributed by atoms with Gasteiger partial charge in [-0.1, -0.05) is 41.4 Å². The van der Waals surface area contributed by atoms with E-state index in [4.69, 9.17) is 27.9 Å². The minimum absolute atomic E-state index is 0.0201. The van der Waals surface area contributed by atoms with Crippen molar-refractivity contribution in [1.29, 1.82) is 0 Å². The van der Waals surface area contributed by atoms with Gasteiger partial charge in [-0.05, 0) is 48.6 Å². The van der Waals surface area contributed by atoms with E-state index in [9.17, 15) is 14.7 Å². The summed E-state index contributed by atoms with van der Waals surface area (Å²) in [4.78, 5) is 25.7. The van der Waals surface area contributed by atoms with Gasteiger partial charge in [0, 0.05) is 35.1 Å². The number of ether oxygens (including phenoxy) is 1. The number of Topliss-reactive ketones (excluding diaryl/α,β-unsaturated/α-hetero) is 1. The van der Waals surface area contributed by atoms with Crippen LogP contribution in [0.5, 0.6) is 11.5 Å². The van der Waals surface area contributed by atoms with Crippen molar-refractivity contribution in [1.82, 2.24) is 5.32 Å². The first-order valence-corrected chi connectivity index (χ1v) is 10.6. The van der Waals surface area contributed by atoms with E-state index in [1.165, 1.54) is 0 Å². The Labute approximate surface area is 184 Å². The number of hydrogen-bond acceptors (Lipinski definition) is 4. The van der Waals surface area contributed by atoms with Gasteiger partial charge in [-0.25, -0.2) is 0 Å². The molecule has 0 spiro atoms. The molecule has 0 radical (unpaired) electrons. The molecule has 2 aromatic carbocycles. The Kier molecular flexibility index (Phi) is 5.76. The summed E-state index contributed by atoms with van der Waals surface area (Å²) in [6.45, 7) is 2.15. The average Bonchev–Trinajstić information content (AvgIpc) is 2.70. The van der Waals surface area contributed by atoms with Crippen LogP contribution in [0.4, 0.5) is 0 Å². The molecule has 1 aliphatic heterocycles. The van der Waals surface area contributed by atoms with Crippen LogP contribution < -0.4 is 10.1 Å². The second-order valence-electron chi connectivity index (χ2n) is 7.53. The van der Waals surface area contributed by atoms with Crippen molar-refractivity contribution in [3.8, 4) is 11.5 Å². The molecule has 0 fully saturated rings. The number of ketones is 1. The molecule has 0 aromatic heterocycles. The highest BCUT2D eigenvalue weighted by molar-refractivity contribution is 6.32. The number of nitrogens with one attached hydrogen (secondary N) is 1. The monoisotopic (exact) mass is 445 g/mol. The topological polar surface area (TPSA) is 75.6 Å². The molecule has 1 aliphatic carbocycles. The third kappa shape index (κ3) is 3.80. The number of rotatable bonds is 4. The lowest BCUT2D eigenvalue weighted by Crippen LogP contribution is -2.38. The molecule has 4 rings (SSSR count). The maximum Gasteiger partial charge on any atom is 0.225 e.